The number of nitrogens with one attached hydrogen (secondary N) is 1. The number of rotatable bonds is 9. The number of ether oxygens (including phenoxy) is 1. The minimum absolute atomic E-state index is 0.0286. The van der Waals surface area contributed by atoms with Crippen LogP contribution in [0.15, 0.2) is 48.5 Å². The Morgan fingerprint density at radius 1 is 1.00 bits per heavy atom. The van der Waals surface area contributed by atoms with Crippen LogP contribution in [-0.4, -0.2) is 59.8 Å². The molecule has 34 heavy (non-hydrogen) atoms. The first-order chi connectivity index (χ1) is 16.1. The van der Waals surface area contributed by atoms with Gasteiger partial charge < -0.3 is 10.1 Å². The Morgan fingerprint density at radius 2 is 1.59 bits per heavy atom. The minimum Gasteiger partial charge on any atom is -0.462 e. The van der Waals surface area contributed by atoms with Crippen molar-refractivity contribution >= 4 is 35.5 Å². The van der Waals surface area contributed by atoms with Crippen molar-refractivity contribution in [1.82, 2.24) is 10.2 Å². The van der Waals surface area contributed by atoms with Crippen LogP contribution >= 0.6 is 11.8 Å². The van der Waals surface area contributed by atoms with Gasteiger partial charge in [0.15, 0.2) is 0 Å². The van der Waals surface area contributed by atoms with Gasteiger partial charge in [-0.15, -0.1) is 0 Å². The zero-order valence-corrected chi connectivity index (χ0v) is 20.7. The quantitative estimate of drug-likeness (QED) is 0.433. The van der Waals surface area contributed by atoms with E-state index in [0.29, 0.717) is 28.9 Å². The molecule has 1 atom stereocenters. The molecule has 180 valence electrons. The monoisotopic (exact) mass is 482 g/mol. The average Bonchev–Trinajstić information content (AvgIpc) is 3.06. The summed E-state index contributed by atoms with van der Waals surface area (Å²) < 4.78 is 5.35. The molecular weight excluding hydrogens is 452 g/mol. The van der Waals surface area contributed by atoms with Gasteiger partial charge in [-0.25, -0.2) is 4.79 Å². The van der Waals surface area contributed by atoms with Gasteiger partial charge >= 0.3 is 5.97 Å². The van der Waals surface area contributed by atoms with Gasteiger partial charge in [0.25, 0.3) is 17.7 Å². The second kappa shape index (κ2) is 10.9. The van der Waals surface area contributed by atoms with Crippen LogP contribution in [0.25, 0.3) is 0 Å². The predicted octanol–water partition coefficient (Wildman–Crippen LogP) is 3.68. The highest BCUT2D eigenvalue weighted by Gasteiger charge is 2.35. The molecule has 0 unspecified atom stereocenters. The summed E-state index contributed by atoms with van der Waals surface area (Å²) in [6, 6.07) is 13.1. The molecular formula is C26H30N2O5S. The van der Waals surface area contributed by atoms with E-state index in [1.54, 1.807) is 48.2 Å². The summed E-state index contributed by atoms with van der Waals surface area (Å²) >= 11 is 1.56. The average molecular weight is 483 g/mol. The first-order valence-corrected chi connectivity index (χ1v) is 12.5. The van der Waals surface area contributed by atoms with Crippen LogP contribution in [0.1, 0.15) is 63.8 Å². The largest absolute Gasteiger partial charge is 0.462 e. The van der Waals surface area contributed by atoms with Crippen LogP contribution in [0.5, 0.6) is 0 Å². The lowest BCUT2D eigenvalue weighted by Crippen LogP contribution is -2.43. The molecule has 0 fully saturated rings. The number of carbonyl (C=O) groups is 4. The van der Waals surface area contributed by atoms with E-state index < -0.39 is 23.8 Å². The molecule has 1 aliphatic heterocycles. The zero-order chi connectivity index (χ0) is 24.9. The minimum atomic E-state index is -0.829. The number of fused-ring (bicyclic) bond motifs is 1. The number of nitrogens with zero attached hydrogens (tertiary/aromatic N) is 1. The lowest BCUT2D eigenvalue weighted by atomic mass is 9.86. The Hall–Kier alpha value is -3.13. The standard InChI is InChI=1S/C26H30N2O5S/c1-26(2,3)18-11-9-17(10-12-18)22(29)27-21(13-16-34-4)25(32)33-15-14-28-23(30)19-7-5-6-8-20(19)24(28)31/h5-12,21H,13-16H2,1-4H3,(H,27,29)/t21-/m1/s1. The van der Waals surface area contributed by atoms with Crippen molar-refractivity contribution in [2.24, 2.45) is 0 Å². The van der Waals surface area contributed by atoms with Crippen molar-refractivity contribution < 1.29 is 23.9 Å². The third-order valence-corrected chi connectivity index (χ3v) is 6.29. The highest BCUT2D eigenvalue weighted by atomic mass is 32.2. The van der Waals surface area contributed by atoms with Crippen LogP contribution in [0.4, 0.5) is 0 Å². The third-order valence-electron chi connectivity index (χ3n) is 5.65. The molecule has 0 aromatic heterocycles. The fourth-order valence-electron chi connectivity index (χ4n) is 3.63. The number of hydrogen-bond acceptors (Lipinski definition) is 6. The highest BCUT2D eigenvalue weighted by Crippen LogP contribution is 2.23. The van der Waals surface area contributed by atoms with Crippen molar-refractivity contribution in [3.63, 3.8) is 0 Å². The molecule has 7 nitrogen and oxygen atoms in total. The van der Waals surface area contributed by atoms with Gasteiger partial charge in [-0.2, -0.15) is 11.8 Å². The van der Waals surface area contributed by atoms with Gasteiger partial charge in [-0.05, 0) is 53.7 Å². The van der Waals surface area contributed by atoms with Crippen LogP contribution in [0, 0.1) is 0 Å². The molecule has 0 aliphatic carbocycles. The Kier molecular flexibility index (Phi) is 8.15. The van der Waals surface area contributed by atoms with E-state index in [1.807, 2.05) is 18.4 Å². The van der Waals surface area contributed by atoms with Crippen molar-refractivity contribution in [3.8, 4) is 0 Å². The number of benzene rings is 2. The van der Waals surface area contributed by atoms with E-state index in [0.717, 1.165) is 10.5 Å². The summed E-state index contributed by atoms with van der Waals surface area (Å²) in [7, 11) is 0. The van der Waals surface area contributed by atoms with Crippen LogP contribution < -0.4 is 5.32 Å². The summed E-state index contributed by atoms with van der Waals surface area (Å²) in [5, 5.41) is 2.76. The summed E-state index contributed by atoms with van der Waals surface area (Å²) in [4.78, 5) is 51.5. The molecule has 2 aromatic rings. The van der Waals surface area contributed by atoms with E-state index >= 15 is 0 Å². The second-order valence-electron chi connectivity index (χ2n) is 9.11. The van der Waals surface area contributed by atoms with Crippen LogP contribution in [0.2, 0.25) is 0 Å². The first kappa shape index (κ1) is 25.5. The maximum absolute atomic E-state index is 12.8. The lowest BCUT2D eigenvalue weighted by molar-refractivity contribution is -0.146. The van der Waals surface area contributed by atoms with Gasteiger partial charge in [-0.3, -0.25) is 19.3 Å². The number of imide groups is 1. The lowest BCUT2D eigenvalue weighted by Gasteiger charge is -2.20. The molecule has 0 bridgehead atoms. The van der Waals surface area contributed by atoms with Gasteiger partial charge in [0.2, 0.25) is 0 Å². The predicted molar refractivity (Wildman–Crippen MR) is 132 cm³/mol. The van der Waals surface area contributed by atoms with Crippen LogP contribution in [0.3, 0.4) is 0 Å². The summed E-state index contributed by atoms with van der Waals surface area (Å²) in [6.45, 7) is 6.10. The molecule has 1 heterocycles. The maximum Gasteiger partial charge on any atom is 0.328 e. The fraction of sp³-hybridized carbons (Fsp3) is 0.385. The molecule has 2 aromatic carbocycles. The second-order valence-corrected chi connectivity index (χ2v) is 10.1. The Labute approximate surface area is 204 Å². The Bertz CT molecular complexity index is 1040. The fourth-order valence-corrected chi connectivity index (χ4v) is 4.10. The summed E-state index contributed by atoms with van der Waals surface area (Å²) in [5.41, 5.74) is 2.23. The third kappa shape index (κ3) is 5.86. The van der Waals surface area contributed by atoms with E-state index in [-0.39, 0.29) is 24.5 Å². The van der Waals surface area contributed by atoms with E-state index in [2.05, 4.69) is 26.1 Å². The Balaban J connectivity index is 1.58. The Morgan fingerprint density at radius 3 is 2.12 bits per heavy atom. The van der Waals surface area contributed by atoms with E-state index in [1.165, 1.54) is 0 Å². The smallest absolute Gasteiger partial charge is 0.328 e. The number of amides is 3. The van der Waals surface area contributed by atoms with Crippen LogP contribution in [-0.2, 0) is 14.9 Å². The SMILES string of the molecule is CSCC[C@@H](NC(=O)c1ccc(C(C)(C)C)cc1)C(=O)OCCN1C(=O)c2ccccc2C1=O. The van der Waals surface area contributed by atoms with Gasteiger partial charge in [0, 0.05) is 5.56 Å². The molecule has 8 heteroatoms. The molecule has 0 spiro atoms. The van der Waals surface area contributed by atoms with Crippen molar-refractivity contribution in [1.29, 1.82) is 0 Å². The maximum atomic E-state index is 12.8. The molecule has 3 rings (SSSR count). The topological polar surface area (TPSA) is 92.8 Å². The molecule has 1 aliphatic rings. The van der Waals surface area contributed by atoms with Crippen molar-refractivity contribution in [2.75, 3.05) is 25.2 Å². The normalized spacial score (nSPS) is 14.1. The molecule has 1 N–H and O–H groups in total. The summed E-state index contributed by atoms with van der Waals surface area (Å²) in [6.07, 6.45) is 2.32. The molecule has 0 saturated carbocycles. The zero-order valence-electron chi connectivity index (χ0n) is 19.9. The number of carbonyl (C=O) groups excluding carboxylic acids is 4. The van der Waals surface area contributed by atoms with Crippen molar-refractivity contribution in [3.05, 3.63) is 70.8 Å². The number of esters is 1. The molecule has 0 radical (unpaired) electrons. The van der Waals surface area contributed by atoms with E-state index in [9.17, 15) is 19.2 Å². The van der Waals surface area contributed by atoms with E-state index in [4.69, 9.17) is 4.74 Å². The first-order valence-electron chi connectivity index (χ1n) is 11.2. The molecule has 0 saturated heterocycles. The molecule has 3 amide bonds. The summed E-state index contributed by atoms with van der Waals surface area (Å²) in [5.74, 6) is -1.10. The highest BCUT2D eigenvalue weighted by molar-refractivity contribution is 7.98. The van der Waals surface area contributed by atoms with Gasteiger partial charge in [-0.1, -0.05) is 45.0 Å². The number of hydrogen-bond donors (Lipinski definition) is 1. The van der Waals surface area contributed by atoms with Gasteiger partial charge in [0.1, 0.15) is 12.6 Å². The van der Waals surface area contributed by atoms with Gasteiger partial charge in [0.05, 0.1) is 17.7 Å². The van der Waals surface area contributed by atoms with Crippen molar-refractivity contribution in [2.45, 2.75) is 38.6 Å². The number of thioether (sulfide) groups is 1.